The molecule has 2 aromatic rings. The molecule has 3 aliphatic rings. The predicted octanol–water partition coefficient (Wildman–Crippen LogP) is 5.12. The molecule has 0 aromatic heterocycles. The number of nitrogens with zero attached hydrogens (tertiary/aromatic N) is 1. The minimum absolute atomic E-state index is 0.177. The van der Waals surface area contributed by atoms with Crippen LogP contribution in [0.1, 0.15) is 74.8 Å². The number of carbonyl (C=O) groups excluding carboxylic acids is 3. The number of hydrogen-bond donors (Lipinski definition) is 3. The van der Waals surface area contributed by atoms with E-state index in [9.17, 15) is 14.4 Å². The normalized spacial score (nSPS) is 24.6. The number of nitrogens with one attached hydrogen (secondary N) is 3. The minimum Gasteiger partial charge on any atom is -0.444 e. The van der Waals surface area contributed by atoms with Crippen LogP contribution in [0.25, 0.3) is 0 Å². The molecule has 3 amide bonds. The van der Waals surface area contributed by atoms with Gasteiger partial charge in [-0.1, -0.05) is 42.5 Å². The Balaban J connectivity index is 0.971. The third-order valence-electron chi connectivity index (χ3n) is 8.51. The zero-order valence-corrected chi connectivity index (χ0v) is 22.6. The number of amides is 3. The van der Waals surface area contributed by atoms with Gasteiger partial charge in [0.05, 0.1) is 5.92 Å². The molecular weight excluding hydrogens is 492 g/mol. The number of piperidine rings is 2. The van der Waals surface area contributed by atoms with Crippen LogP contribution in [-0.4, -0.2) is 42.0 Å². The van der Waals surface area contributed by atoms with E-state index < -0.39 is 0 Å². The molecule has 8 heteroatoms. The molecule has 208 valence electrons. The third kappa shape index (κ3) is 7.82. The second kappa shape index (κ2) is 13.1. The number of hydrazine groups is 1. The van der Waals surface area contributed by atoms with Crippen molar-refractivity contribution in [3.63, 3.8) is 0 Å². The van der Waals surface area contributed by atoms with Crippen molar-refractivity contribution in [2.24, 2.45) is 11.8 Å². The Morgan fingerprint density at radius 3 is 2.26 bits per heavy atom. The number of anilines is 1. The average molecular weight is 533 g/mol. The summed E-state index contributed by atoms with van der Waals surface area (Å²) in [5, 5.41) is 8.12. The summed E-state index contributed by atoms with van der Waals surface area (Å²) < 4.78 is 5.35. The molecule has 39 heavy (non-hydrogen) atoms. The molecule has 5 rings (SSSR count). The largest absolute Gasteiger partial charge is 0.444 e. The van der Waals surface area contributed by atoms with E-state index in [1.54, 1.807) is 0 Å². The summed E-state index contributed by atoms with van der Waals surface area (Å²) >= 11 is 0. The first kappa shape index (κ1) is 27.2. The van der Waals surface area contributed by atoms with Crippen molar-refractivity contribution >= 4 is 23.6 Å². The summed E-state index contributed by atoms with van der Waals surface area (Å²) in [7, 11) is 0. The van der Waals surface area contributed by atoms with E-state index in [0.29, 0.717) is 18.9 Å². The Labute approximate surface area is 230 Å². The van der Waals surface area contributed by atoms with Gasteiger partial charge in [0.25, 0.3) is 0 Å². The standard InChI is InChI=1S/C31H40N4O4/c36-29-15-14-28(30(37)33-29)25-8-12-27(13-9-25)32-26-10-6-22(7-11-26)20-23-16-18-35(19-17-23)34-31(38)39-21-24-4-2-1-3-5-24/h1-5,8-9,12-13,22-23,26,28,32H,6-7,10-11,14-21H2,(H,34,38)(H,33,36,37). The van der Waals surface area contributed by atoms with Gasteiger partial charge < -0.3 is 10.1 Å². The summed E-state index contributed by atoms with van der Waals surface area (Å²) in [4.78, 5) is 35.7. The van der Waals surface area contributed by atoms with Crippen molar-refractivity contribution in [1.29, 1.82) is 0 Å². The molecule has 1 atom stereocenters. The van der Waals surface area contributed by atoms with Crippen molar-refractivity contribution in [3.8, 4) is 0 Å². The number of imide groups is 1. The van der Waals surface area contributed by atoms with Crippen LogP contribution in [0.3, 0.4) is 0 Å². The second-order valence-electron chi connectivity index (χ2n) is 11.3. The molecule has 2 aromatic carbocycles. The molecular formula is C31H40N4O4. The lowest BCUT2D eigenvalue weighted by Crippen LogP contribution is -2.47. The summed E-state index contributed by atoms with van der Waals surface area (Å²) in [6, 6.07) is 18.4. The molecule has 1 unspecified atom stereocenters. The molecule has 1 saturated carbocycles. The second-order valence-corrected chi connectivity index (χ2v) is 11.3. The number of carbonyl (C=O) groups is 3. The molecule has 0 bridgehead atoms. The van der Waals surface area contributed by atoms with Crippen molar-refractivity contribution in [3.05, 3.63) is 65.7 Å². The lowest BCUT2D eigenvalue weighted by molar-refractivity contribution is -0.134. The predicted molar refractivity (Wildman–Crippen MR) is 150 cm³/mol. The zero-order chi connectivity index (χ0) is 27.0. The highest BCUT2D eigenvalue weighted by atomic mass is 16.6. The van der Waals surface area contributed by atoms with Gasteiger partial charge >= 0.3 is 6.09 Å². The molecule has 2 aliphatic heterocycles. The summed E-state index contributed by atoms with van der Waals surface area (Å²) in [6.07, 6.45) is 8.94. The summed E-state index contributed by atoms with van der Waals surface area (Å²) in [6.45, 7) is 2.03. The fraction of sp³-hybridized carbons (Fsp3) is 0.516. The van der Waals surface area contributed by atoms with E-state index in [1.165, 1.54) is 32.1 Å². The topological polar surface area (TPSA) is 99.8 Å². The van der Waals surface area contributed by atoms with Crippen LogP contribution in [0.2, 0.25) is 0 Å². The van der Waals surface area contributed by atoms with Gasteiger partial charge in [-0.25, -0.2) is 9.80 Å². The van der Waals surface area contributed by atoms with Gasteiger partial charge in [-0.05, 0) is 86.5 Å². The smallest absolute Gasteiger partial charge is 0.422 e. The molecule has 2 heterocycles. The van der Waals surface area contributed by atoms with Crippen molar-refractivity contribution < 1.29 is 19.1 Å². The van der Waals surface area contributed by atoms with E-state index in [1.807, 2.05) is 47.5 Å². The van der Waals surface area contributed by atoms with Gasteiger partial charge in [0, 0.05) is 31.2 Å². The summed E-state index contributed by atoms with van der Waals surface area (Å²) in [5.74, 6) is 0.900. The van der Waals surface area contributed by atoms with Crippen LogP contribution >= 0.6 is 0 Å². The van der Waals surface area contributed by atoms with Crippen LogP contribution in [0, 0.1) is 11.8 Å². The maximum absolute atomic E-state index is 12.1. The van der Waals surface area contributed by atoms with Crippen molar-refractivity contribution in [1.82, 2.24) is 15.8 Å². The lowest BCUT2D eigenvalue weighted by Gasteiger charge is -2.35. The molecule has 0 radical (unpaired) electrons. The van der Waals surface area contributed by atoms with Crippen molar-refractivity contribution in [2.45, 2.75) is 76.4 Å². The van der Waals surface area contributed by atoms with Gasteiger partial charge in [0.1, 0.15) is 6.61 Å². The molecule has 8 nitrogen and oxygen atoms in total. The first-order valence-corrected chi connectivity index (χ1v) is 14.4. The fourth-order valence-electron chi connectivity index (χ4n) is 6.24. The first-order chi connectivity index (χ1) is 19.0. The fourth-order valence-corrected chi connectivity index (χ4v) is 6.24. The van der Waals surface area contributed by atoms with Gasteiger partial charge in [0.15, 0.2) is 0 Å². The minimum atomic E-state index is -0.381. The highest BCUT2D eigenvalue weighted by molar-refractivity contribution is 6.00. The van der Waals surface area contributed by atoms with E-state index in [-0.39, 0.29) is 30.4 Å². The first-order valence-electron chi connectivity index (χ1n) is 14.4. The number of ether oxygens (including phenoxy) is 1. The maximum atomic E-state index is 12.1. The Kier molecular flexibility index (Phi) is 9.14. The Hall–Kier alpha value is -3.39. The average Bonchev–Trinajstić information content (AvgIpc) is 2.95. The molecule has 2 saturated heterocycles. The molecule has 3 N–H and O–H groups in total. The van der Waals surface area contributed by atoms with Crippen molar-refractivity contribution in [2.75, 3.05) is 18.4 Å². The van der Waals surface area contributed by atoms with Crippen LogP contribution in [0.4, 0.5) is 10.5 Å². The Morgan fingerprint density at radius 1 is 0.872 bits per heavy atom. The number of hydrogen-bond acceptors (Lipinski definition) is 6. The summed E-state index contributed by atoms with van der Waals surface area (Å²) in [5.41, 5.74) is 5.95. The van der Waals surface area contributed by atoms with E-state index in [0.717, 1.165) is 54.6 Å². The molecule has 1 aliphatic carbocycles. The third-order valence-corrected chi connectivity index (χ3v) is 8.51. The van der Waals surface area contributed by atoms with Gasteiger partial charge in [-0.3, -0.25) is 20.3 Å². The highest BCUT2D eigenvalue weighted by Crippen LogP contribution is 2.34. The Bertz CT molecular complexity index is 1110. The zero-order valence-electron chi connectivity index (χ0n) is 22.6. The SMILES string of the molecule is O=C1CCC(c2ccc(NC3CCC(CC4CCN(NC(=O)OCc5ccccc5)CC4)CC3)cc2)C(=O)N1. The van der Waals surface area contributed by atoms with Gasteiger partial charge in [-0.15, -0.1) is 0 Å². The van der Waals surface area contributed by atoms with E-state index in [2.05, 4.69) is 28.2 Å². The van der Waals surface area contributed by atoms with Crippen LogP contribution < -0.4 is 16.1 Å². The number of rotatable bonds is 8. The lowest BCUT2D eigenvalue weighted by atomic mass is 9.78. The monoisotopic (exact) mass is 532 g/mol. The van der Waals surface area contributed by atoms with Gasteiger partial charge in [0.2, 0.25) is 11.8 Å². The van der Waals surface area contributed by atoms with Crippen LogP contribution in [-0.2, 0) is 20.9 Å². The Morgan fingerprint density at radius 2 is 1.56 bits per heavy atom. The maximum Gasteiger partial charge on any atom is 0.422 e. The quantitative estimate of drug-likeness (QED) is 0.408. The van der Waals surface area contributed by atoms with E-state index in [4.69, 9.17) is 4.74 Å². The molecule has 3 fully saturated rings. The molecule has 0 spiro atoms. The van der Waals surface area contributed by atoms with Crippen LogP contribution in [0.5, 0.6) is 0 Å². The van der Waals surface area contributed by atoms with Crippen LogP contribution in [0.15, 0.2) is 54.6 Å². The van der Waals surface area contributed by atoms with Gasteiger partial charge in [-0.2, -0.15) is 0 Å². The number of benzene rings is 2. The van der Waals surface area contributed by atoms with E-state index >= 15 is 0 Å². The highest BCUT2D eigenvalue weighted by Gasteiger charge is 2.29.